The highest BCUT2D eigenvalue weighted by Crippen LogP contribution is 2.31. The lowest BCUT2D eigenvalue weighted by Crippen LogP contribution is -2.22. The highest BCUT2D eigenvalue weighted by Gasteiger charge is 2.19. The minimum absolute atomic E-state index is 0.334. The van der Waals surface area contributed by atoms with Gasteiger partial charge in [-0.3, -0.25) is 9.88 Å². The molecular weight excluding hydrogens is 382 g/mol. The lowest BCUT2D eigenvalue weighted by molar-refractivity contribution is 0.261. The summed E-state index contributed by atoms with van der Waals surface area (Å²) in [4.78, 5) is 10.4. The van der Waals surface area contributed by atoms with Crippen LogP contribution in [0.15, 0.2) is 67.0 Å². The van der Waals surface area contributed by atoms with Gasteiger partial charge in [0.15, 0.2) is 0 Å². The summed E-state index contributed by atoms with van der Waals surface area (Å²) in [6.45, 7) is 7.08. The van der Waals surface area contributed by atoms with Crippen LogP contribution in [-0.4, -0.2) is 26.5 Å². The van der Waals surface area contributed by atoms with Crippen LogP contribution in [0, 0.1) is 0 Å². The van der Waals surface area contributed by atoms with Crippen LogP contribution in [0.4, 0.5) is 0 Å². The molecule has 5 rings (SSSR count). The van der Waals surface area contributed by atoms with E-state index in [0.29, 0.717) is 5.75 Å². The Morgan fingerprint density at radius 3 is 2.68 bits per heavy atom. The number of nitrogens with zero attached hydrogens (tertiary/aromatic N) is 2. The number of H-pyrrole nitrogens is 1. The first-order valence-corrected chi connectivity index (χ1v) is 11.2. The number of rotatable bonds is 3. The molecule has 3 heterocycles. The highest BCUT2D eigenvalue weighted by atomic mass is 16.3. The summed E-state index contributed by atoms with van der Waals surface area (Å²) in [5, 5.41) is 11.1. The van der Waals surface area contributed by atoms with Crippen molar-refractivity contribution in [2.45, 2.75) is 46.2 Å². The summed E-state index contributed by atoms with van der Waals surface area (Å²) >= 11 is 0. The second-order valence-corrected chi connectivity index (χ2v) is 8.28. The summed E-state index contributed by atoms with van der Waals surface area (Å²) < 4.78 is 0. The molecule has 4 heteroatoms. The third-order valence-corrected chi connectivity index (χ3v) is 5.59. The van der Waals surface area contributed by atoms with E-state index in [-0.39, 0.29) is 0 Å². The van der Waals surface area contributed by atoms with Crippen LogP contribution in [-0.2, 0) is 19.5 Å². The van der Waals surface area contributed by atoms with Gasteiger partial charge in [0, 0.05) is 47.6 Å². The SMILES string of the molecule is CCC.Oc1cccc(CN2CCCc3[nH]c4ccc(-c5cccnc5)cc4c3C2)c1. The van der Waals surface area contributed by atoms with E-state index in [9.17, 15) is 5.11 Å². The molecular formula is C27H31N3O. The zero-order valence-electron chi connectivity index (χ0n) is 18.4. The molecule has 160 valence electrons. The van der Waals surface area contributed by atoms with Crippen molar-refractivity contribution in [2.75, 3.05) is 6.54 Å². The van der Waals surface area contributed by atoms with Crippen LogP contribution < -0.4 is 0 Å². The summed E-state index contributed by atoms with van der Waals surface area (Å²) in [5.41, 5.74) is 7.46. The maximum Gasteiger partial charge on any atom is 0.115 e. The van der Waals surface area contributed by atoms with Crippen molar-refractivity contribution in [3.05, 3.63) is 83.8 Å². The van der Waals surface area contributed by atoms with Crippen molar-refractivity contribution >= 4 is 10.9 Å². The van der Waals surface area contributed by atoms with E-state index in [1.54, 1.807) is 6.07 Å². The first-order chi connectivity index (χ1) is 15.2. The monoisotopic (exact) mass is 413 g/mol. The second kappa shape index (κ2) is 9.80. The van der Waals surface area contributed by atoms with Gasteiger partial charge < -0.3 is 10.1 Å². The summed E-state index contributed by atoms with van der Waals surface area (Å²) in [6, 6.07) is 18.3. The maximum atomic E-state index is 9.77. The number of aryl methyl sites for hydroxylation is 1. The average molecular weight is 414 g/mol. The van der Waals surface area contributed by atoms with Crippen LogP contribution in [0.2, 0.25) is 0 Å². The Kier molecular flexibility index (Phi) is 6.68. The average Bonchev–Trinajstić information content (AvgIpc) is 2.99. The van der Waals surface area contributed by atoms with E-state index in [4.69, 9.17) is 0 Å². The highest BCUT2D eigenvalue weighted by molar-refractivity contribution is 5.89. The number of hydrogen-bond acceptors (Lipinski definition) is 3. The van der Waals surface area contributed by atoms with Gasteiger partial charge >= 0.3 is 0 Å². The molecule has 0 bridgehead atoms. The Balaban J connectivity index is 0.000000730. The molecule has 0 spiro atoms. The number of pyridine rings is 1. The summed E-state index contributed by atoms with van der Waals surface area (Å²) in [6.07, 6.45) is 7.18. The zero-order chi connectivity index (χ0) is 21.6. The van der Waals surface area contributed by atoms with Crippen molar-refractivity contribution in [3.63, 3.8) is 0 Å². The normalized spacial score (nSPS) is 13.9. The van der Waals surface area contributed by atoms with Crippen LogP contribution in [0.25, 0.3) is 22.0 Å². The Labute approximate surface area is 184 Å². The molecule has 0 atom stereocenters. The standard InChI is InChI=1S/C24H23N3O.C3H8/c28-20-6-1-4-17(12-20)15-27-11-3-7-23-22(16-27)21-13-18(8-9-24(21)26-23)19-5-2-10-25-14-19;1-3-2/h1-2,4-6,8-10,12-14,26,28H,3,7,11,15-16H2;3H2,1-2H3. The Hall–Kier alpha value is -3.11. The van der Waals surface area contributed by atoms with Gasteiger partial charge in [0.2, 0.25) is 0 Å². The first-order valence-electron chi connectivity index (χ1n) is 11.2. The number of aromatic hydroxyl groups is 1. The third-order valence-electron chi connectivity index (χ3n) is 5.59. The fourth-order valence-corrected chi connectivity index (χ4v) is 4.24. The molecule has 1 aliphatic rings. The van der Waals surface area contributed by atoms with E-state index >= 15 is 0 Å². The van der Waals surface area contributed by atoms with Crippen LogP contribution in [0.3, 0.4) is 0 Å². The number of aromatic nitrogens is 2. The molecule has 1 aliphatic heterocycles. The number of benzene rings is 2. The molecule has 0 saturated heterocycles. The second-order valence-electron chi connectivity index (χ2n) is 8.28. The third kappa shape index (κ3) is 4.97. The molecule has 4 aromatic rings. The van der Waals surface area contributed by atoms with Crippen LogP contribution >= 0.6 is 0 Å². The van der Waals surface area contributed by atoms with Gasteiger partial charge in [0.1, 0.15) is 5.75 Å². The summed E-state index contributed by atoms with van der Waals surface area (Å²) in [7, 11) is 0. The molecule has 4 nitrogen and oxygen atoms in total. The topological polar surface area (TPSA) is 52.1 Å². The molecule has 2 aromatic carbocycles. The maximum absolute atomic E-state index is 9.77. The van der Waals surface area contributed by atoms with Gasteiger partial charge in [-0.15, -0.1) is 0 Å². The van der Waals surface area contributed by atoms with Crippen molar-refractivity contribution in [2.24, 2.45) is 0 Å². The largest absolute Gasteiger partial charge is 0.508 e. The Morgan fingerprint density at radius 2 is 1.90 bits per heavy atom. The molecule has 2 aromatic heterocycles. The molecule has 0 amide bonds. The predicted molar refractivity (Wildman–Crippen MR) is 128 cm³/mol. The molecule has 2 N–H and O–H groups in total. The number of nitrogens with one attached hydrogen (secondary N) is 1. The fourth-order valence-electron chi connectivity index (χ4n) is 4.24. The molecule has 0 radical (unpaired) electrons. The number of phenols is 1. The Morgan fingerprint density at radius 1 is 1.03 bits per heavy atom. The van der Waals surface area contributed by atoms with Crippen LogP contribution in [0.1, 0.15) is 43.5 Å². The van der Waals surface area contributed by atoms with Crippen molar-refractivity contribution in [1.29, 1.82) is 0 Å². The fraction of sp³-hybridized carbons (Fsp3) is 0.296. The number of aromatic amines is 1. The van der Waals surface area contributed by atoms with E-state index in [1.165, 1.54) is 34.1 Å². The molecule has 0 aliphatic carbocycles. The smallest absolute Gasteiger partial charge is 0.115 e. The van der Waals surface area contributed by atoms with E-state index in [1.807, 2.05) is 30.6 Å². The number of phenolic OH excluding ortho intramolecular Hbond substituents is 1. The summed E-state index contributed by atoms with van der Waals surface area (Å²) in [5.74, 6) is 0.334. The molecule has 0 unspecified atom stereocenters. The van der Waals surface area contributed by atoms with E-state index < -0.39 is 0 Å². The van der Waals surface area contributed by atoms with Gasteiger partial charge in [-0.2, -0.15) is 0 Å². The van der Waals surface area contributed by atoms with Crippen molar-refractivity contribution in [3.8, 4) is 16.9 Å². The first kappa shape index (κ1) is 21.1. The zero-order valence-corrected chi connectivity index (χ0v) is 18.4. The van der Waals surface area contributed by atoms with Crippen molar-refractivity contribution in [1.82, 2.24) is 14.9 Å². The Bertz CT molecular complexity index is 1130. The molecule has 0 fully saturated rings. The van der Waals surface area contributed by atoms with Crippen LogP contribution in [0.5, 0.6) is 5.75 Å². The van der Waals surface area contributed by atoms with Gasteiger partial charge in [0.05, 0.1) is 0 Å². The van der Waals surface area contributed by atoms with Gasteiger partial charge in [-0.25, -0.2) is 0 Å². The quantitative estimate of drug-likeness (QED) is 0.414. The minimum atomic E-state index is 0.334. The van der Waals surface area contributed by atoms with E-state index in [0.717, 1.165) is 43.6 Å². The number of hydrogen-bond donors (Lipinski definition) is 2. The van der Waals surface area contributed by atoms with Gasteiger partial charge in [-0.05, 0) is 66.4 Å². The van der Waals surface area contributed by atoms with Gasteiger partial charge in [-0.1, -0.05) is 44.5 Å². The minimum Gasteiger partial charge on any atom is -0.508 e. The van der Waals surface area contributed by atoms with E-state index in [2.05, 4.69) is 59.0 Å². The van der Waals surface area contributed by atoms with Crippen molar-refractivity contribution < 1.29 is 5.11 Å². The number of fused-ring (bicyclic) bond motifs is 3. The lowest BCUT2D eigenvalue weighted by atomic mass is 10.0. The lowest BCUT2D eigenvalue weighted by Gasteiger charge is -2.20. The van der Waals surface area contributed by atoms with Gasteiger partial charge in [0.25, 0.3) is 0 Å². The molecule has 31 heavy (non-hydrogen) atoms. The molecule has 0 saturated carbocycles. The predicted octanol–water partition coefficient (Wildman–Crippen LogP) is 6.30.